The van der Waals surface area contributed by atoms with E-state index < -0.39 is 8.07 Å². The maximum absolute atomic E-state index is 11.4. The first-order valence-corrected chi connectivity index (χ1v) is 8.24. The van der Waals surface area contributed by atoms with Gasteiger partial charge in [-0.05, 0) is 6.42 Å². The molecular weight excluding hydrogens is 180 g/mol. The van der Waals surface area contributed by atoms with Gasteiger partial charge in [-0.1, -0.05) is 37.3 Å². The first-order chi connectivity index (χ1) is 5.93. The number of carbonyl (C=O) groups excluding carboxylic acids is 1. The predicted octanol–water partition coefficient (Wildman–Crippen LogP) is 2.37. The van der Waals surface area contributed by atoms with Crippen molar-refractivity contribution in [3.05, 3.63) is 10.8 Å². The zero-order valence-corrected chi connectivity index (χ0v) is 10.1. The smallest absolute Gasteiger partial charge is 0.316 e. The summed E-state index contributed by atoms with van der Waals surface area (Å²) in [6.45, 7) is 8.95. The van der Waals surface area contributed by atoms with Gasteiger partial charge >= 0.3 is 5.97 Å². The van der Waals surface area contributed by atoms with Gasteiger partial charge in [0.2, 0.25) is 0 Å². The predicted molar refractivity (Wildman–Crippen MR) is 56.2 cm³/mol. The van der Waals surface area contributed by atoms with Crippen LogP contribution in [0.15, 0.2) is 10.8 Å². The Morgan fingerprint density at radius 1 is 1.46 bits per heavy atom. The van der Waals surface area contributed by atoms with E-state index in [0.717, 1.165) is 6.42 Å². The summed E-state index contributed by atoms with van der Waals surface area (Å²) in [4.78, 5) is 11.4. The van der Waals surface area contributed by atoms with Crippen molar-refractivity contribution in [2.24, 2.45) is 5.92 Å². The Morgan fingerprint density at radius 3 is 2.23 bits per heavy atom. The fraction of sp³-hybridized carbons (Fsp3) is 0.700. The van der Waals surface area contributed by atoms with Gasteiger partial charge in [-0.3, -0.25) is 4.79 Å². The Labute approximate surface area is 81.0 Å². The third kappa shape index (κ3) is 1.85. The zero-order valence-electron chi connectivity index (χ0n) is 9.10. The highest BCUT2D eigenvalue weighted by atomic mass is 28.3. The Kier molecular flexibility index (Phi) is 2.66. The van der Waals surface area contributed by atoms with Crippen LogP contribution in [0.3, 0.4) is 0 Å². The lowest BCUT2D eigenvalue weighted by Gasteiger charge is -2.12. The van der Waals surface area contributed by atoms with E-state index in [4.69, 9.17) is 4.74 Å². The molecule has 0 amide bonds. The van der Waals surface area contributed by atoms with Gasteiger partial charge in [0, 0.05) is 0 Å². The van der Waals surface area contributed by atoms with Gasteiger partial charge < -0.3 is 4.74 Å². The van der Waals surface area contributed by atoms with Gasteiger partial charge in [0.05, 0.1) is 21.1 Å². The van der Waals surface area contributed by atoms with Crippen molar-refractivity contribution in [1.29, 1.82) is 0 Å². The molecule has 0 bridgehead atoms. The molecule has 0 saturated carbocycles. The second-order valence-corrected chi connectivity index (χ2v) is 9.54. The van der Waals surface area contributed by atoms with Crippen LogP contribution < -0.4 is 0 Å². The van der Waals surface area contributed by atoms with Gasteiger partial charge in [0.15, 0.2) is 0 Å². The van der Waals surface area contributed by atoms with E-state index in [-0.39, 0.29) is 11.9 Å². The van der Waals surface area contributed by atoms with E-state index in [1.807, 2.05) is 0 Å². The molecule has 0 N–H and O–H groups in total. The number of methoxy groups -OCH3 is 1. The third-order valence-electron chi connectivity index (χ3n) is 2.53. The van der Waals surface area contributed by atoms with Crippen molar-refractivity contribution in [2.45, 2.75) is 33.0 Å². The van der Waals surface area contributed by atoms with Crippen molar-refractivity contribution < 1.29 is 9.53 Å². The normalized spacial score (nSPS) is 21.8. The van der Waals surface area contributed by atoms with Crippen LogP contribution >= 0.6 is 0 Å². The summed E-state index contributed by atoms with van der Waals surface area (Å²) in [5.41, 5.74) is 1.34. The molecule has 0 spiro atoms. The van der Waals surface area contributed by atoms with Gasteiger partial charge in [0.1, 0.15) is 0 Å². The fourth-order valence-corrected chi connectivity index (χ4v) is 4.32. The maximum Gasteiger partial charge on any atom is 0.316 e. The van der Waals surface area contributed by atoms with Crippen molar-refractivity contribution in [1.82, 2.24) is 0 Å². The summed E-state index contributed by atoms with van der Waals surface area (Å²) < 4.78 is 4.77. The quantitative estimate of drug-likeness (QED) is 0.514. The molecule has 0 aromatic heterocycles. The minimum atomic E-state index is -1.27. The van der Waals surface area contributed by atoms with Crippen LogP contribution in [0.1, 0.15) is 13.3 Å². The highest BCUT2D eigenvalue weighted by Crippen LogP contribution is 2.47. The van der Waals surface area contributed by atoms with Crippen molar-refractivity contribution >= 4 is 14.0 Å². The molecule has 3 heteroatoms. The molecule has 0 saturated heterocycles. The lowest BCUT2D eigenvalue weighted by atomic mass is 10.2. The molecule has 1 rings (SSSR count). The largest absolute Gasteiger partial charge is 0.468 e. The second-order valence-electron chi connectivity index (χ2n) is 4.50. The van der Waals surface area contributed by atoms with Crippen LogP contribution in [-0.2, 0) is 9.53 Å². The number of hydrogen-bond donors (Lipinski definition) is 0. The van der Waals surface area contributed by atoms with E-state index >= 15 is 0 Å². The molecule has 13 heavy (non-hydrogen) atoms. The van der Waals surface area contributed by atoms with Crippen LogP contribution in [0.2, 0.25) is 19.6 Å². The Balaban J connectivity index is 2.76. The minimum Gasteiger partial charge on any atom is -0.468 e. The average Bonchev–Trinajstić information content (AvgIpc) is 2.75. The standard InChI is InChI=1S/C10H18O2Si/c1-6-7-8(10(11)12-2)9(7)13(3,4)5/h8H,6H2,1-5H3. The van der Waals surface area contributed by atoms with E-state index in [1.54, 1.807) is 0 Å². The topological polar surface area (TPSA) is 26.3 Å². The minimum absolute atomic E-state index is 0.0571. The lowest BCUT2D eigenvalue weighted by molar-refractivity contribution is -0.141. The van der Waals surface area contributed by atoms with Gasteiger partial charge in [-0.15, -0.1) is 0 Å². The van der Waals surface area contributed by atoms with Crippen molar-refractivity contribution in [3.8, 4) is 0 Å². The van der Waals surface area contributed by atoms with Gasteiger partial charge in [-0.25, -0.2) is 0 Å². The molecule has 1 aliphatic carbocycles. The molecule has 0 aromatic rings. The third-order valence-corrected chi connectivity index (χ3v) is 4.75. The van der Waals surface area contributed by atoms with E-state index in [0.29, 0.717) is 0 Å². The van der Waals surface area contributed by atoms with Crippen molar-refractivity contribution in [2.75, 3.05) is 7.11 Å². The number of esters is 1. The lowest BCUT2D eigenvalue weighted by Crippen LogP contribution is -2.22. The highest BCUT2D eigenvalue weighted by Gasteiger charge is 2.47. The summed E-state index contributed by atoms with van der Waals surface area (Å²) in [5, 5.41) is 1.42. The first-order valence-electron chi connectivity index (χ1n) is 4.74. The number of carbonyl (C=O) groups is 1. The molecule has 0 aromatic carbocycles. The van der Waals surface area contributed by atoms with E-state index in [2.05, 4.69) is 26.6 Å². The monoisotopic (exact) mass is 198 g/mol. The highest BCUT2D eigenvalue weighted by molar-refractivity contribution is 6.84. The Bertz CT molecular complexity index is 261. The Morgan fingerprint density at radius 2 is 2.00 bits per heavy atom. The molecule has 0 radical (unpaired) electrons. The average molecular weight is 198 g/mol. The molecule has 0 heterocycles. The fourth-order valence-electron chi connectivity index (χ4n) is 1.95. The number of hydrogen-bond acceptors (Lipinski definition) is 2. The summed E-state index contributed by atoms with van der Waals surface area (Å²) in [7, 11) is 0.197. The summed E-state index contributed by atoms with van der Waals surface area (Å²) in [6, 6.07) is 0. The molecule has 74 valence electrons. The van der Waals surface area contributed by atoms with Gasteiger partial charge in [0.25, 0.3) is 0 Å². The molecule has 1 unspecified atom stereocenters. The van der Waals surface area contributed by atoms with Crippen LogP contribution in [-0.4, -0.2) is 21.2 Å². The molecule has 2 nitrogen and oxygen atoms in total. The Hall–Kier alpha value is -0.573. The molecular formula is C10H18O2Si. The number of rotatable bonds is 3. The second kappa shape index (κ2) is 3.29. The molecule has 1 atom stereocenters. The summed E-state index contributed by atoms with van der Waals surface area (Å²) in [5.74, 6) is -0.00376. The van der Waals surface area contributed by atoms with Gasteiger partial charge in [-0.2, -0.15) is 0 Å². The molecule has 0 aliphatic heterocycles. The van der Waals surface area contributed by atoms with Crippen LogP contribution in [0, 0.1) is 5.92 Å². The molecule has 0 fully saturated rings. The first kappa shape index (κ1) is 10.5. The summed E-state index contributed by atoms with van der Waals surface area (Å²) in [6.07, 6.45) is 0.999. The van der Waals surface area contributed by atoms with Crippen LogP contribution in [0.5, 0.6) is 0 Å². The zero-order chi connectivity index (χ0) is 10.2. The SMILES string of the molecule is CCC1=C([Si](C)(C)C)C1C(=O)OC. The maximum atomic E-state index is 11.4. The molecule has 1 aliphatic rings. The number of ether oxygens (including phenoxy) is 1. The van der Waals surface area contributed by atoms with E-state index in [9.17, 15) is 4.79 Å². The van der Waals surface area contributed by atoms with Crippen LogP contribution in [0.25, 0.3) is 0 Å². The van der Waals surface area contributed by atoms with E-state index in [1.165, 1.54) is 17.9 Å². The van der Waals surface area contributed by atoms with Crippen molar-refractivity contribution in [3.63, 3.8) is 0 Å². The summed E-state index contributed by atoms with van der Waals surface area (Å²) >= 11 is 0. The van der Waals surface area contributed by atoms with Crippen LogP contribution in [0.4, 0.5) is 0 Å².